The summed E-state index contributed by atoms with van der Waals surface area (Å²) in [6.07, 6.45) is 3.77. The van der Waals surface area contributed by atoms with Gasteiger partial charge in [0.15, 0.2) is 11.5 Å². The van der Waals surface area contributed by atoms with Crippen molar-refractivity contribution in [2.45, 2.75) is 33.2 Å². The van der Waals surface area contributed by atoms with Crippen molar-refractivity contribution in [3.8, 4) is 22.1 Å². The Hall–Kier alpha value is -2.93. The number of aryl methyl sites for hydroxylation is 2. The van der Waals surface area contributed by atoms with Gasteiger partial charge in [0.2, 0.25) is 0 Å². The van der Waals surface area contributed by atoms with Crippen molar-refractivity contribution in [3.63, 3.8) is 0 Å². The van der Waals surface area contributed by atoms with Gasteiger partial charge in [-0.05, 0) is 43.2 Å². The highest BCUT2D eigenvalue weighted by molar-refractivity contribution is 7.17. The Kier molecular flexibility index (Phi) is 6.82. The Bertz CT molecular complexity index is 1000. The second-order valence-electron chi connectivity index (χ2n) is 6.59. The second kappa shape index (κ2) is 9.52. The van der Waals surface area contributed by atoms with Crippen LogP contribution in [-0.4, -0.2) is 30.1 Å². The van der Waals surface area contributed by atoms with Crippen molar-refractivity contribution in [1.82, 2.24) is 15.3 Å². The van der Waals surface area contributed by atoms with Crippen LogP contribution in [0.5, 0.6) is 11.5 Å². The fraction of sp³-hybridized carbons (Fsp3) is 0.318. The van der Waals surface area contributed by atoms with E-state index in [1.54, 1.807) is 20.4 Å². The van der Waals surface area contributed by atoms with Gasteiger partial charge in [0, 0.05) is 24.0 Å². The van der Waals surface area contributed by atoms with Gasteiger partial charge in [0.1, 0.15) is 9.88 Å². The number of carbonyl (C=O) groups excluding carboxylic acids is 1. The van der Waals surface area contributed by atoms with Gasteiger partial charge in [0.05, 0.1) is 19.9 Å². The fourth-order valence-electron chi connectivity index (χ4n) is 2.99. The normalized spacial score (nSPS) is 10.6. The zero-order valence-corrected chi connectivity index (χ0v) is 17.9. The largest absolute Gasteiger partial charge is 0.493 e. The number of ether oxygens (including phenoxy) is 2. The third kappa shape index (κ3) is 4.92. The van der Waals surface area contributed by atoms with Crippen molar-refractivity contribution in [2.75, 3.05) is 14.2 Å². The molecule has 29 heavy (non-hydrogen) atoms. The van der Waals surface area contributed by atoms with Crippen LogP contribution in [0.3, 0.4) is 0 Å². The van der Waals surface area contributed by atoms with Gasteiger partial charge >= 0.3 is 0 Å². The maximum Gasteiger partial charge on any atom is 0.263 e. The number of thiazole rings is 1. The molecule has 0 aliphatic rings. The van der Waals surface area contributed by atoms with Crippen molar-refractivity contribution >= 4 is 17.2 Å². The number of nitrogens with one attached hydrogen (secondary N) is 1. The van der Waals surface area contributed by atoms with Crippen molar-refractivity contribution < 1.29 is 14.3 Å². The monoisotopic (exact) mass is 411 g/mol. The Morgan fingerprint density at radius 2 is 1.93 bits per heavy atom. The number of carbonyl (C=O) groups is 1. The number of benzene rings is 1. The van der Waals surface area contributed by atoms with Crippen molar-refractivity contribution in [3.05, 3.63) is 58.4 Å². The van der Waals surface area contributed by atoms with Gasteiger partial charge in [-0.3, -0.25) is 9.78 Å². The standard InChI is InChI=1S/C22H25N3O3S/c1-5-6-17-12-16(9-10-23-17)22-25-14(2)20(29-22)21(26)24-13-15-7-8-18(27-3)19(11-15)28-4/h7-12H,5-6,13H2,1-4H3,(H,24,26). The number of nitrogens with zero attached hydrogens (tertiary/aromatic N) is 2. The van der Waals surface area contributed by atoms with E-state index in [9.17, 15) is 4.79 Å². The molecule has 1 N–H and O–H groups in total. The average Bonchev–Trinajstić information content (AvgIpc) is 3.14. The summed E-state index contributed by atoms with van der Waals surface area (Å²) in [5.74, 6) is 1.16. The van der Waals surface area contributed by atoms with E-state index in [4.69, 9.17) is 9.47 Å². The molecule has 1 amide bonds. The first-order valence-electron chi connectivity index (χ1n) is 9.47. The van der Waals surface area contributed by atoms with Crippen LogP contribution in [0.1, 0.15) is 40.0 Å². The van der Waals surface area contributed by atoms with Crippen LogP contribution in [-0.2, 0) is 13.0 Å². The van der Waals surface area contributed by atoms with E-state index in [2.05, 4.69) is 22.2 Å². The first-order valence-corrected chi connectivity index (χ1v) is 10.3. The molecule has 0 aliphatic carbocycles. The van der Waals surface area contributed by atoms with Crippen LogP contribution >= 0.6 is 11.3 Å². The number of pyridine rings is 1. The molecule has 0 bridgehead atoms. The lowest BCUT2D eigenvalue weighted by Crippen LogP contribution is -2.22. The van der Waals surface area contributed by atoms with Gasteiger partial charge in [-0.25, -0.2) is 4.98 Å². The fourth-order valence-corrected chi connectivity index (χ4v) is 3.97. The van der Waals surface area contributed by atoms with Crippen molar-refractivity contribution in [1.29, 1.82) is 0 Å². The van der Waals surface area contributed by atoms with E-state index < -0.39 is 0 Å². The van der Waals surface area contributed by atoms with E-state index in [1.165, 1.54) is 11.3 Å². The number of methoxy groups -OCH3 is 2. The lowest BCUT2D eigenvalue weighted by Gasteiger charge is -2.10. The van der Waals surface area contributed by atoms with Gasteiger partial charge < -0.3 is 14.8 Å². The smallest absolute Gasteiger partial charge is 0.263 e. The summed E-state index contributed by atoms with van der Waals surface area (Å²) in [5, 5.41) is 3.80. The number of amides is 1. The number of hydrogen-bond donors (Lipinski definition) is 1. The van der Waals surface area contributed by atoms with Gasteiger partial charge in [-0.2, -0.15) is 0 Å². The summed E-state index contributed by atoms with van der Waals surface area (Å²) < 4.78 is 10.6. The van der Waals surface area contributed by atoms with Crippen LogP contribution in [0.2, 0.25) is 0 Å². The first kappa shape index (κ1) is 20.8. The Labute approximate surface area is 174 Å². The lowest BCUT2D eigenvalue weighted by molar-refractivity contribution is 0.0954. The lowest BCUT2D eigenvalue weighted by atomic mass is 10.2. The summed E-state index contributed by atoms with van der Waals surface area (Å²) in [6, 6.07) is 9.57. The molecule has 0 fully saturated rings. The summed E-state index contributed by atoms with van der Waals surface area (Å²) >= 11 is 1.40. The Morgan fingerprint density at radius 1 is 1.14 bits per heavy atom. The first-order chi connectivity index (χ1) is 14.0. The predicted octanol–water partition coefficient (Wildman–Crippen LogP) is 4.41. The summed E-state index contributed by atoms with van der Waals surface area (Å²) in [7, 11) is 3.19. The zero-order chi connectivity index (χ0) is 20.8. The van der Waals surface area contributed by atoms with Gasteiger partial charge in [0.25, 0.3) is 5.91 Å². The maximum atomic E-state index is 12.7. The quantitative estimate of drug-likeness (QED) is 0.594. The van der Waals surface area contributed by atoms with Gasteiger partial charge in [-0.15, -0.1) is 11.3 Å². The molecular formula is C22H25N3O3S. The Balaban J connectivity index is 1.73. The van der Waals surface area contributed by atoms with E-state index in [1.807, 2.05) is 37.3 Å². The van der Waals surface area contributed by atoms with Crippen LogP contribution in [0.15, 0.2) is 36.5 Å². The molecule has 2 heterocycles. The zero-order valence-electron chi connectivity index (χ0n) is 17.1. The topological polar surface area (TPSA) is 73.3 Å². The van der Waals surface area contributed by atoms with Crippen LogP contribution in [0, 0.1) is 6.92 Å². The molecular weight excluding hydrogens is 386 g/mol. The maximum absolute atomic E-state index is 12.7. The SMILES string of the molecule is CCCc1cc(-c2nc(C)c(C(=O)NCc3ccc(OC)c(OC)c3)s2)ccn1. The van der Waals surface area contributed by atoms with Crippen LogP contribution in [0.25, 0.3) is 10.6 Å². The number of hydrogen-bond acceptors (Lipinski definition) is 6. The molecule has 0 aliphatic heterocycles. The molecule has 0 atom stereocenters. The van der Waals surface area contributed by atoms with E-state index in [0.717, 1.165) is 40.4 Å². The molecule has 0 radical (unpaired) electrons. The minimum atomic E-state index is -0.135. The molecule has 3 aromatic rings. The molecule has 0 unspecified atom stereocenters. The second-order valence-corrected chi connectivity index (χ2v) is 7.59. The highest BCUT2D eigenvalue weighted by atomic mass is 32.1. The highest BCUT2D eigenvalue weighted by Gasteiger charge is 2.17. The number of aromatic nitrogens is 2. The third-order valence-corrected chi connectivity index (χ3v) is 5.68. The molecule has 7 heteroatoms. The molecule has 0 saturated heterocycles. The molecule has 0 saturated carbocycles. The third-order valence-electron chi connectivity index (χ3n) is 4.47. The molecule has 0 spiro atoms. The number of rotatable bonds is 8. The average molecular weight is 412 g/mol. The Morgan fingerprint density at radius 3 is 2.66 bits per heavy atom. The van der Waals surface area contributed by atoms with Crippen LogP contribution < -0.4 is 14.8 Å². The highest BCUT2D eigenvalue weighted by Crippen LogP contribution is 2.29. The van der Waals surface area contributed by atoms with E-state index in [0.29, 0.717) is 22.9 Å². The minimum Gasteiger partial charge on any atom is -0.493 e. The van der Waals surface area contributed by atoms with Crippen molar-refractivity contribution in [2.24, 2.45) is 0 Å². The van der Waals surface area contributed by atoms with Crippen LogP contribution in [0.4, 0.5) is 0 Å². The molecule has 2 aromatic heterocycles. The predicted molar refractivity (Wildman–Crippen MR) is 115 cm³/mol. The summed E-state index contributed by atoms with van der Waals surface area (Å²) in [4.78, 5) is 22.3. The molecule has 1 aromatic carbocycles. The minimum absolute atomic E-state index is 0.135. The molecule has 3 rings (SSSR count). The molecule has 6 nitrogen and oxygen atoms in total. The van der Waals surface area contributed by atoms with E-state index in [-0.39, 0.29) is 5.91 Å². The molecule has 152 valence electrons. The van der Waals surface area contributed by atoms with Gasteiger partial charge in [-0.1, -0.05) is 19.4 Å². The summed E-state index contributed by atoms with van der Waals surface area (Å²) in [5.41, 5.74) is 3.69. The van der Waals surface area contributed by atoms with E-state index >= 15 is 0 Å². The summed E-state index contributed by atoms with van der Waals surface area (Å²) in [6.45, 7) is 4.38.